The average Bonchev–Trinajstić information content (AvgIpc) is 3.27. The lowest BCUT2D eigenvalue weighted by Crippen LogP contribution is -2.28. The maximum absolute atomic E-state index is 12.8. The van der Waals surface area contributed by atoms with Crippen LogP contribution in [0.3, 0.4) is 0 Å². The predicted octanol–water partition coefficient (Wildman–Crippen LogP) is 2.62. The average molecular weight is 369 g/mol. The summed E-state index contributed by atoms with van der Waals surface area (Å²) in [6.07, 6.45) is 4.56. The lowest BCUT2D eigenvalue weighted by Gasteiger charge is -2.19. The second-order valence-corrected chi connectivity index (χ2v) is 6.26. The van der Waals surface area contributed by atoms with Crippen molar-refractivity contribution in [2.75, 3.05) is 13.6 Å². The number of rotatable bonds is 8. The van der Waals surface area contributed by atoms with Crippen LogP contribution in [0.15, 0.2) is 41.2 Å². The fourth-order valence-electron chi connectivity index (χ4n) is 2.74. The quantitative estimate of drug-likeness (QED) is 0.607. The number of ether oxygens (including phenoxy) is 1. The Balaban J connectivity index is 1.59. The van der Waals surface area contributed by atoms with Crippen molar-refractivity contribution in [3.63, 3.8) is 0 Å². The van der Waals surface area contributed by atoms with Crippen molar-refractivity contribution < 1.29 is 14.1 Å². The van der Waals surface area contributed by atoms with E-state index in [2.05, 4.69) is 19.7 Å². The van der Waals surface area contributed by atoms with Gasteiger partial charge in [-0.1, -0.05) is 17.3 Å². The minimum Gasteiger partial charge on any atom is -0.485 e. The van der Waals surface area contributed by atoms with Gasteiger partial charge in [0.15, 0.2) is 6.61 Å². The van der Waals surface area contributed by atoms with Gasteiger partial charge in [0, 0.05) is 39.5 Å². The van der Waals surface area contributed by atoms with E-state index in [-0.39, 0.29) is 12.5 Å². The van der Waals surface area contributed by atoms with Crippen LogP contribution in [-0.2, 0) is 13.2 Å². The van der Waals surface area contributed by atoms with Crippen LogP contribution in [0.2, 0.25) is 0 Å². The van der Waals surface area contributed by atoms with Crippen LogP contribution in [0, 0.1) is 13.8 Å². The van der Waals surface area contributed by atoms with E-state index in [1.165, 1.54) is 0 Å². The third-order valence-corrected chi connectivity index (χ3v) is 4.21. The maximum atomic E-state index is 12.8. The molecule has 0 radical (unpaired) electrons. The van der Waals surface area contributed by atoms with Gasteiger partial charge in [0.2, 0.25) is 11.7 Å². The molecule has 1 amide bonds. The van der Waals surface area contributed by atoms with E-state index in [4.69, 9.17) is 9.26 Å². The molecule has 3 rings (SSSR count). The first-order valence-corrected chi connectivity index (χ1v) is 8.79. The highest BCUT2D eigenvalue weighted by Gasteiger charge is 2.17. The number of aromatic nitrogens is 4. The Kier molecular flexibility index (Phi) is 5.85. The number of hydrogen-bond donors (Lipinski definition) is 0. The van der Waals surface area contributed by atoms with Gasteiger partial charge in [-0.25, -0.2) is 4.98 Å². The molecule has 2 aromatic heterocycles. The zero-order chi connectivity index (χ0) is 19.2. The largest absolute Gasteiger partial charge is 0.485 e. The molecule has 0 atom stereocenters. The summed E-state index contributed by atoms with van der Waals surface area (Å²) in [5.74, 6) is 2.31. The number of imidazole rings is 1. The van der Waals surface area contributed by atoms with Crippen LogP contribution >= 0.6 is 0 Å². The molecule has 0 N–H and O–H groups in total. The molecular weight excluding hydrogens is 346 g/mol. The number of aryl methyl sites for hydroxylation is 3. The minimum absolute atomic E-state index is 0.0859. The van der Waals surface area contributed by atoms with E-state index in [1.54, 1.807) is 37.2 Å². The Bertz CT molecular complexity index is 902. The highest BCUT2D eigenvalue weighted by molar-refractivity contribution is 5.96. The van der Waals surface area contributed by atoms with Gasteiger partial charge in [0.25, 0.3) is 5.91 Å². The Morgan fingerprint density at radius 2 is 2.11 bits per heavy atom. The Hall–Kier alpha value is -3.16. The molecule has 0 aliphatic rings. The smallest absolute Gasteiger partial charge is 0.257 e. The standard InChI is InChI=1S/C19H23N5O3/c1-14-20-9-12-24(14)11-6-10-23(3)19(25)16-7-4-5-8-17(16)26-13-18-21-15(2)27-22-18/h4-5,7-9,12H,6,10-11,13H2,1-3H3. The zero-order valence-corrected chi connectivity index (χ0v) is 15.8. The van der Waals surface area contributed by atoms with Crippen LogP contribution in [0.25, 0.3) is 0 Å². The highest BCUT2D eigenvalue weighted by atomic mass is 16.5. The molecule has 142 valence electrons. The van der Waals surface area contributed by atoms with Crippen LogP contribution in [0.4, 0.5) is 0 Å². The molecule has 0 aliphatic heterocycles. The third-order valence-electron chi connectivity index (χ3n) is 4.21. The predicted molar refractivity (Wildman–Crippen MR) is 98.4 cm³/mol. The van der Waals surface area contributed by atoms with Crippen LogP contribution < -0.4 is 4.74 Å². The minimum atomic E-state index is -0.0859. The van der Waals surface area contributed by atoms with Crippen molar-refractivity contribution in [3.05, 3.63) is 59.8 Å². The van der Waals surface area contributed by atoms with Gasteiger partial charge in [0.05, 0.1) is 5.56 Å². The number of para-hydroxylation sites is 1. The first-order valence-electron chi connectivity index (χ1n) is 8.79. The summed E-state index contributed by atoms with van der Waals surface area (Å²) in [4.78, 5) is 22.8. The van der Waals surface area contributed by atoms with Crippen molar-refractivity contribution in [2.24, 2.45) is 0 Å². The second kappa shape index (κ2) is 8.48. The van der Waals surface area contributed by atoms with Crippen molar-refractivity contribution in [1.29, 1.82) is 0 Å². The third kappa shape index (κ3) is 4.72. The number of amides is 1. The molecule has 0 bridgehead atoms. The van der Waals surface area contributed by atoms with Gasteiger partial charge < -0.3 is 18.7 Å². The summed E-state index contributed by atoms with van der Waals surface area (Å²) in [7, 11) is 1.79. The van der Waals surface area contributed by atoms with E-state index in [0.29, 0.717) is 29.6 Å². The number of benzene rings is 1. The normalized spacial score (nSPS) is 10.8. The molecule has 2 heterocycles. The Morgan fingerprint density at radius 1 is 1.30 bits per heavy atom. The molecule has 0 saturated heterocycles. The maximum Gasteiger partial charge on any atom is 0.257 e. The molecular formula is C19H23N5O3. The molecule has 0 spiro atoms. The first kappa shape index (κ1) is 18.6. The number of carbonyl (C=O) groups excluding carboxylic acids is 1. The van der Waals surface area contributed by atoms with Gasteiger partial charge in [-0.05, 0) is 25.5 Å². The number of carbonyl (C=O) groups is 1. The van der Waals surface area contributed by atoms with Gasteiger partial charge in [-0.2, -0.15) is 4.98 Å². The zero-order valence-electron chi connectivity index (χ0n) is 15.8. The van der Waals surface area contributed by atoms with E-state index >= 15 is 0 Å². The Morgan fingerprint density at radius 3 is 2.81 bits per heavy atom. The fourth-order valence-corrected chi connectivity index (χ4v) is 2.74. The lowest BCUT2D eigenvalue weighted by atomic mass is 10.1. The van der Waals surface area contributed by atoms with Crippen molar-refractivity contribution >= 4 is 5.91 Å². The van der Waals surface area contributed by atoms with Gasteiger partial charge in [-0.3, -0.25) is 4.79 Å². The molecule has 8 heteroatoms. The summed E-state index contributed by atoms with van der Waals surface area (Å²) in [6, 6.07) is 7.18. The van der Waals surface area contributed by atoms with E-state index in [1.807, 2.05) is 25.3 Å². The molecule has 27 heavy (non-hydrogen) atoms. The second-order valence-electron chi connectivity index (χ2n) is 6.26. The molecule has 1 aromatic carbocycles. The van der Waals surface area contributed by atoms with Crippen molar-refractivity contribution in [1.82, 2.24) is 24.6 Å². The first-order chi connectivity index (χ1) is 13.0. The fraction of sp³-hybridized carbons (Fsp3) is 0.368. The van der Waals surface area contributed by atoms with Crippen molar-refractivity contribution in [2.45, 2.75) is 33.4 Å². The van der Waals surface area contributed by atoms with E-state index in [0.717, 1.165) is 18.8 Å². The number of nitrogens with zero attached hydrogens (tertiary/aromatic N) is 5. The summed E-state index contributed by atoms with van der Waals surface area (Å²) >= 11 is 0. The molecule has 0 saturated carbocycles. The van der Waals surface area contributed by atoms with E-state index < -0.39 is 0 Å². The monoisotopic (exact) mass is 369 g/mol. The van der Waals surface area contributed by atoms with Gasteiger partial charge in [-0.15, -0.1) is 0 Å². The highest BCUT2D eigenvalue weighted by Crippen LogP contribution is 2.20. The van der Waals surface area contributed by atoms with Crippen LogP contribution in [0.5, 0.6) is 5.75 Å². The molecule has 0 unspecified atom stereocenters. The molecule has 0 aliphatic carbocycles. The topological polar surface area (TPSA) is 86.3 Å². The van der Waals surface area contributed by atoms with Gasteiger partial charge in [0.1, 0.15) is 11.6 Å². The van der Waals surface area contributed by atoms with Crippen molar-refractivity contribution in [3.8, 4) is 5.75 Å². The SMILES string of the molecule is Cc1nc(COc2ccccc2C(=O)N(C)CCCn2ccnc2C)no1. The van der Waals surface area contributed by atoms with Crippen LogP contribution in [-0.4, -0.2) is 44.1 Å². The lowest BCUT2D eigenvalue weighted by molar-refractivity contribution is 0.0786. The van der Waals surface area contributed by atoms with Crippen LogP contribution in [0.1, 0.15) is 34.3 Å². The molecule has 3 aromatic rings. The Labute approximate surface area is 157 Å². The number of hydrogen-bond acceptors (Lipinski definition) is 6. The van der Waals surface area contributed by atoms with Gasteiger partial charge >= 0.3 is 0 Å². The molecule has 8 nitrogen and oxygen atoms in total. The summed E-state index contributed by atoms with van der Waals surface area (Å²) < 4.78 is 12.7. The van der Waals surface area contributed by atoms with E-state index in [9.17, 15) is 4.79 Å². The summed E-state index contributed by atoms with van der Waals surface area (Å²) in [5.41, 5.74) is 0.513. The molecule has 0 fully saturated rings. The summed E-state index contributed by atoms with van der Waals surface area (Å²) in [5, 5.41) is 3.80. The summed E-state index contributed by atoms with van der Waals surface area (Å²) in [6.45, 7) is 5.28.